The Kier molecular flexibility index (Phi) is 4.97. The first kappa shape index (κ1) is 16.2. The van der Waals surface area contributed by atoms with Crippen molar-refractivity contribution in [1.82, 2.24) is 14.9 Å². The summed E-state index contributed by atoms with van der Waals surface area (Å²) in [6.45, 7) is 4.55. The van der Waals surface area contributed by atoms with E-state index in [4.69, 9.17) is 0 Å². The Morgan fingerprint density at radius 2 is 1.86 bits per heavy atom. The number of sulfone groups is 1. The predicted octanol–water partition coefficient (Wildman–Crippen LogP) is 1.79. The minimum Gasteiger partial charge on any atom is -0.342 e. The molecular formula is C15H19N3O3S. The normalized spacial score (nSPS) is 12.8. The van der Waals surface area contributed by atoms with Crippen LogP contribution in [0.2, 0.25) is 0 Å². The van der Waals surface area contributed by atoms with Crippen LogP contribution in [0.15, 0.2) is 47.9 Å². The van der Waals surface area contributed by atoms with E-state index in [0.29, 0.717) is 18.7 Å². The van der Waals surface area contributed by atoms with Gasteiger partial charge in [-0.05, 0) is 19.4 Å². The number of carbonyl (C=O) groups excluding carboxylic acids is 1. The molecule has 7 heteroatoms. The maximum atomic E-state index is 12.8. The molecule has 0 radical (unpaired) electrons. The van der Waals surface area contributed by atoms with Gasteiger partial charge >= 0.3 is 0 Å². The van der Waals surface area contributed by atoms with Crippen molar-refractivity contribution in [3.05, 3.63) is 48.3 Å². The molecule has 1 heterocycles. The van der Waals surface area contributed by atoms with Crippen molar-refractivity contribution in [3.63, 3.8) is 0 Å². The highest BCUT2D eigenvalue weighted by molar-refractivity contribution is 7.92. The van der Waals surface area contributed by atoms with Crippen molar-refractivity contribution in [2.24, 2.45) is 0 Å². The zero-order valence-electron chi connectivity index (χ0n) is 12.6. The zero-order valence-corrected chi connectivity index (χ0v) is 13.4. The van der Waals surface area contributed by atoms with E-state index in [9.17, 15) is 13.2 Å². The highest BCUT2D eigenvalue weighted by Gasteiger charge is 2.39. The minimum absolute atomic E-state index is 0.193. The molecule has 22 heavy (non-hydrogen) atoms. The van der Waals surface area contributed by atoms with E-state index in [1.54, 1.807) is 30.3 Å². The van der Waals surface area contributed by atoms with Gasteiger partial charge in [-0.2, -0.15) is 0 Å². The topological polar surface area (TPSA) is 83.1 Å². The molecule has 0 saturated heterocycles. The molecule has 1 N–H and O–H groups in total. The number of carbonyl (C=O) groups is 1. The number of imidazole rings is 1. The number of hydrogen-bond donors (Lipinski definition) is 1. The van der Waals surface area contributed by atoms with Crippen LogP contribution in [0.3, 0.4) is 0 Å². The van der Waals surface area contributed by atoms with Crippen molar-refractivity contribution in [2.75, 3.05) is 13.1 Å². The van der Waals surface area contributed by atoms with Gasteiger partial charge in [-0.25, -0.2) is 13.4 Å². The van der Waals surface area contributed by atoms with E-state index in [0.717, 1.165) is 0 Å². The fourth-order valence-corrected chi connectivity index (χ4v) is 3.89. The molecule has 0 aliphatic heterocycles. The van der Waals surface area contributed by atoms with Crippen LogP contribution in [0.1, 0.15) is 24.7 Å². The van der Waals surface area contributed by atoms with Gasteiger partial charge in [0.15, 0.2) is 5.25 Å². The van der Waals surface area contributed by atoms with Gasteiger partial charge in [-0.15, -0.1) is 0 Å². The Bertz CT molecular complexity index is 708. The zero-order chi connectivity index (χ0) is 16.2. The lowest BCUT2D eigenvalue weighted by Crippen LogP contribution is -2.38. The summed E-state index contributed by atoms with van der Waals surface area (Å²) in [5.41, 5.74) is 0.441. The van der Waals surface area contributed by atoms with Crippen LogP contribution in [-0.2, 0) is 14.6 Å². The second-order valence-electron chi connectivity index (χ2n) is 4.74. The molecular weight excluding hydrogens is 302 g/mol. The van der Waals surface area contributed by atoms with Crippen molar-refractivity contribution in [2.45, 2.75) is 24.3 Å². The SMILES string of the molecule is CCN(CC)C(=O)[C@@H](c1ccccc1)S(=O)(=O)c1ncc[nH]1. The van der Waals surface area contributed by atoms with Crippen molar-refractivity contribution in [3.8, 4) is 0 Å². The fraction of sp³-hybridized carbons (Fsp3) is 0.333. The number of nitrogens with one attached hydrogen (secondary N) is 1. The molecule has 118 valence electrons. The lowest BCUT2D eigenvalue weighted by atomic mass is 10.1. The molecule has 1 amide bonds. The first-order valence-electron chi connectivity index (χ1n) is 7.09. The van der Waals surface area contributed by atoms with Gasteiger partial charge in [-0.1, -0.05) is 30.3 Å². The number of amides is 1. The Morgan fingerprint density at radius 3 is 2.36 bits per heavy atom. The van der Waals surface area contributed by atoms with E-state index >= 15 is 0 Å². The molecule has 0 spiro atoms. The Balaban J connectivity index is 2.54. The van der Waals surface area contributed by atoms with Gasteiger partial charge in [-0.3, -0.25) is 4.79 Å². The summed E-state index contributed by atoms with van der Waals surface area (Å²) < 4.78 is 25.7. The van der Waals surface area contributed by atoms with Crippen molar-refractivity contribution in [1.29, 1.82) is 0 Å². The van der Waals surface area contributed by atoms with Crippen molar-refractivity contribution < 1.29 is 13.2 Å². The van der Waals surface area contributed by atoms with Gasteiger partial charge in [0, 0.05) is 25.5 Å². The van der Waals surface area contributed by atoms with Gasteiger partial charge in [0.2, 0.25) is 20.9 Å². The molecule has 1 aromatic heterocycles. The van der Waals surface area contributed by atoms with Crippen molar-refractivity contribution >= 4 is 15.7 Å². The number of H-pyrrole nitrogens is 1. The third kappa shape index (κ3) is 3.04. The first-order chi connectivity index (χ1) is 10.5. The molecule has 2 rings (SSSR count). The molecule has 0 saturated carbocycles. The van der Waals surface area contributed by atoms with Crippen LogP contribution in [0.25, 0.3) is 0 Å². The fourth-order valence-electron chi connectivity index (χ4n) is 2.30. The molecule has 1 aromatic carbocycles. The lowest BCUT2D eigenvalue weighted by molar-refractivity contribution is -0.130. The summed E-state index contributed by atoms with van der Waals surface area (Å²) in [6, 6.07) is 8.51. The minimum atomic E-state index is -3.93. The second kappa shape index (κ2) is 6.74. The average molecular weight is 321 g/mol. The molecule has 2 aromatic rings. The predicted molar refractivity (Wildman–Crippen MR) is 82.9 cm³/mol. The van der Waals surface area contributed by atoms with Crippen LogP contribution < -0.4 is 0 Å². The number of nitrogens with zero attached hydrogens (tertiary/aromatic N) is 2. The van der Waals surface area contributed by atoms with Gasteiger partial charge < -0.3 is 9.88 Å². The highest BCUT2D eigenvalue weighted by Crippen LogP contribution is 2.29. The Morgan fingerprint density at radius 1 is 1.23 bits per heavy atom. The molecule has 1 atom stereocenters. The van der Waals surface area contributed by atoms with Crippen LogP contribution in [0.5, 0.6) is 0 Å². The third-order valence-electron chi connectivity index (χ3n) is 3.45. The molecule has 6 nitrogen and oxygen atoms in total. The van der Waals surface area contributed by atoms with E-state index in [-0.39, 0.29) is 5.16 Å². The summed E-state index contributed by atoms with van der Waals surface area (Å²) in [5, 5.41) is -1.48. The highest BCUT2D eigenvalue weighted by atomic mass is 32.2. The number of rotatable bonds is 6. The van der Waals surface area contributed by atoms with Crippen LogP contribution in [-0.4, -0.2) is 42.3 Å². The van der Waals surface area contributed by atoms with Gasteiger partial charge in [0.05, 0.1) is 0 Å². The van der Waals surface area contributed by atoms with Crippen LogP contribution >= 0.6 is 0 Å². The first-order valence-corrected chi connectivity index (χ1v) is 8.64. The summed E-state index contributed by atoms with van der Waals surface area (Å²) in [7, 11) is -3.93. The Labute approximate surface area is 130 Å². The van der Waals surface area contributed by atoms with Gasteiger partial charge in [0.25, 0.3) is 0 Å². The van der Waals surface area contributed by atoms with Crippen LogP contribution in [0.4, 0.5) is 0 Å². The number of aromatic amines is 1. The van der Waals surface area contributed by atoms with E-state index in [1.165, 1.54) is 17.3 Å². The summed E-state index contributed by atoms with van der Waals surface area (Å²) >= 11 is 0. The number of aromatic nitrogens is 2. The molecule has 0 aliphatic rings. The van der Waals surface area contributed by atoms with E-state index in [2.05, 4.69) is 9.97 Å². The largest absolute Gasteiger partial charge is 0.342 e. The second-order valence-corrected chi connectivity index (χ2v) is 6.69. The molecule has 0 unspecified atom stereocenters. The maximum absolute atomic E-state index is 12.8. The number of hydrogen-bond acceptors (Lipinski definition) is 4. The summed E-state index contributed by atoms with van der Waals surface area (Å²) in [4.78, 5) is 20.7. The number of likely N-dealkylation sites (N-methyl/N-ethyl adjacent to an activating group) is 1. The summed E-state index contributed by atoms with van der Waals surface area (Å²) in [6.07, 6.45) is 2.79. The third-order valence-corrected chi connectivity index (χ3v) is 5.31. The standard InChI is InChI=1S/C15H19N3O3S/c1-3-18(4-2)14(19)13(12-8-6-5-7-9-12)22(20,21)15-16-10-11-17-15/h5-11,13H,3-4H2,1-2H3,(H,16,17)/t13-/m1/s1. The Hall–Kier alpha value is -2.15. The smallest absolute Gasteiger partial charge is 0.245 e. The molecule has 0 aliphatic carbocycles. The molecule has 0 bridgehead atoms. The maximum Gasteiger partial charge on any atom is 0.245 e. The molecule has 0 fully saturated rings. The van der Waals surface area contributed by atoms with Crippen LogP contribution in [0, 0.1) is 0 Å². The lowest BCUT2D eigenvalue weighted by Gasteiger charge is -2.24. The summed E-state index contributed by atoms with van der Waals surface area (Å²) in [5.74, 6) is -0.437. The van der Waals surface area contributed by atoms with Gasteiger partial charge in [0.1, 0.15) is 0 Å². The van der Waals surface area contributed by atoms with E-state index in [1.807, 2.05) is 13.8 Å². The number of benzene rings is 1. The van der Waals surface area contributed by atoms with E-state index < -0.39 is 21.0 Å². The average Bonchev–Trinajstić information content (AvgIpc) is 3.04. The quantitative estimate of drug-likeness (QED) is 0.879. The monoisotopic (exact) mass is 321 g/mol.